The van der Waals surface area contributed by atoms with Gasteiger partial charge in [-0.05, 0) is 60.0 Å². The normalized spacial score (nSPS) is 12.6. The summed E-state index contributed by atoms with van der Waals surface area (Å²) in [4.78, 5) is 31.0. The lowest BCUT2D eigenvalue weighted by Crippen LogP contribution is -2.11. The molecule has 0 fully saturated rings. The number of hydrogen-bond acceptors (Lipinski definition) is 7. The molecule has 0 saturated carbocycles. The molecule has 0 spiro atoms. The molecule has 1 atom stereocenters. The van der Waals surface area contributed by atoms with Gasteiger partial charge in [-0.25, -0.2) is 9.18 Å². The smallest absolute Gasteiger partial charge is 0.340 e. The molecule has 0 aliphatic rings. The predicted octanol–water partition coefficient (Wildman–Crippen LogP) is 3.92. The summed E-state index contributed by atoms with van der Waals surface area (Å²) in [6.07, 6.45) is 0. The minimum Gasteiger partial charge on any atom is -0.756 e. The van der Waals surface area contributed by atoms with Crippen molar-refractivity contribution in [3.05, 3.63) is 94.8 Å². The van der Waals surface area contributed by atoms with Crippen molar-refractivity contribution in [3.8, 4) is 5.75 Å². The second-order valence-electron chi connectivity index (χ2n) is 7.10. The van der Waals surface area contributed by atoms with Gasteiger partial charge in [0.1, 0.15) is 18.2 Å². The second kappa shape index (κ2) is 11.1. The molecule has 0 heterocycles. The first kappa shape index (κ1) is 24.4. The number of rotatable bonds is 10. The minimum absolute atomic E-state index is 0.183. The van der Waals surface area contributed by atoms with E-state index in [0.29, 0.717) is 18.8 Å². The SMILES string of the molecule is Cc1cc(CNc2cccc(C(=O)OCOP(=O)([O-])O)c2)ccc1OCc1ccc(F)cc1. The Labute approximate surface area is 190 Å². The molecule has 0 aliphatic carbocycles. The number of aryl methyl sites for hydroxylation is 1. The minimum atomic E-state index is -4.96. The topological polar surface area (TPSA) is 117 Å². The number of anilines is 1. The summed E-state index contributed by atoms with van der Waals surface area (Å²) in [6, 6.07) is 18.3. The van der Waals surface area contributed by atoms with Crippen LogP contribution in [0.1, 0.15) is 27.0 Å². The Morgan fingerprint density at radius 3 is 2.52 bits per heavy atom. The van der Waals surface area contributed by atoms with Crippen LogP contribution in [-0.4, -0.2) is 17.7 Å². The summed E-state index contributed by atoms with van der Waals surface area (Å²) in [5.41, 5.74) is 3.62. The number of esters is 1. The van der Waals surface area contributed by atoms with Crippen molar-refractivity contribution >= 4 is 19.5 Å². The Hall–Kier alpha value is -3.23. The average Bonchev–Trinajstić information content (AvgIpc) is 2.77. The third kappa shape index (κ3) is 8.00. The highest BCUT2D eigenvalue weighted by molar-refractivity contribution is 7.44. The fourth-order valence-electron chi connectivity index (χ4n) is 2.92. The van der Waals surface area contributed by atoms with Crippen molar-refractivity contribution in [2.75, 3.05) is 12.1 Å². The highest BCUT2D eigenvalue weighted by atomic mass is 31.2. The van der Waals surface area contributed by atoms with Gasteiger partial charge < -0.3 is 24.6 Å². The molecule has 33 heavy (non-hydrogen) atoms. The number of hydrogen-bond donors (Lipinski definition) is 2. The van der Waals surface area contributed by atoms with Gasteiger partial charge in [-0.2, -0.15) is 0 Å². The first-order valence-electron chi connectivity index (χ1n) is 9.86. The Kier molecular flexibility index (Phi) is 8.19. The molecule has 0 amide bonds. The van der Waals surface area contributed by atoms with Gasteiger partial charge in [0.2, 0.25) is 0 Å². The largest absolute Gasteiger partial charge is 0.756 e. The van der Waals surface area contributed by atoms with Gasteiger partial charge in [0, 0.05) is 12.2 Å². The van der Waals surface area contributed by atoms with E-state index in [2.05, 4.69) is 14.6 Å². The van der Waals surface area contributed by atoms with Gasteiger partial charge in [0.25, 0.3) is 7.82 Å². The second-order valence-corrected chi connectivity index (χ2v) is 8.29. The monoisotopic (exact) mass is 474 g/mol. The van der Waals surface area contributed by atoms with E-state index in [1.807, 2.05) is 25.1 Å². The summed E-state index contributed by atoms with van der Waals surface area (Å²) in [5, 5.41) is 3.20. The lowest BCUT2D eigenvalue weighted by molar-refractivity contribution is -0.225. The molecule has 2 N–H and O–H groups in total. The van der Waals surface area contributed by atoms with Crippen molar-refractivity contribution < 1.29 is 37.5 Å². The van der Waals surface area contributed by atoms with Crippen LogP contribution in [0.3, 0.4) is 0 Å². The fourth-order valence-corrected chi connectivity index (χ4v) is 3.10. The van der Waals surface area contributed by atoms with E-state index in [4.69, 9.17) is 9.63 Å². The van der Waals surface area contributed by atoms with Crippen LogP contribution in [0, 0.1) is 12.7 Å². The van der Waals surface area contributed by atoms with E-state index in [1.54, 1.807) is 30.3 Å². The van der Waals surface area contributed by atoms with E-state index in [1.165, 1.54) is 18.2 Å². The number of phosphoric acid groups is 1. The first-order chi connectivity index (χ1) is 15.7. The van der Waals surface area contributed by atoms with E-state index < -0.39 is 20.6 Å². The average molecular weight is 474 g/mol. The highest BCUT2D eigenvalue weighted by Crippen LogP contribution is 2.30. The zero-order valence-corrected chi connectivity index (χ0v) is 18.6. The summed E-state index contributed by atoms with van der Waals surface area (Å²) in [7, 11) is -4.96. The Morgan fingerprint density at radius 1 is 1.09 bits per heavy atom. The maximum absolute atomic E-state index is 13.0. The predicted molar refractivity (Wildman–Crippen MR) is 117 cm³/mol. The third-order valence-electron chi connectivity index (χ3n) is 4.55. The lowest BCUT2D eigenvalue weighted by atomic mass is 10.1. The molecule has 0 aliphatic heterocycles. The zero-order valence-electron chi connectivity index (χ0n) is 17.7. The first-order valence-corrected chi connectivity index (χ1v) is 11.4. The number of carbonyl (C=O) groups excluding carboxylic acids is 1. The lowest BCUT2D eigenvalue weighted by Gasteiger charge is -2.15. The molecule has 0 saturated heterocycles. The molecule has 174 valence electrons. The van der Waals surface area contributed by atoms with Gasteiger partial charge in [-0.15, -0.1) is 0 Å². The van der Waals surface area contributed by atoms with Crippen molar-refractivity contribution in [1.82, 2.24) is 0 Å². The molecule has 8 nitrogen and oxygen atoms in total. The van der Waals surface area contributed by atoms with Crippen LogP contribution in [0.25, 0.3) is 0 Å². The Balaban J connectivity index is 1.53. The van der Waals surface area contributed by atoms with Crippen molar-refractivity contribution in [2.24, 2.45) is 0 Å². The van der Waals surface area contributed by atoms with Crippen LogP contribution in [-0.2, 0) is 27.0 Å². The highest BCUT2D eigenvalue weighted by Gasteiger charge is 2.10. The fraction of sp³-hybridized carbons (Fsp3) is 0.174. The Morgan fingerprint density at radius 2 is 1.82 bits per heavy atom. The Bertz CT molecular complexity index is 1150. The standard InChI is InChI=1S/C23H23FNO7P/c1-16-11-18(7-10-22(16)30-14-17-5-8-20(24)9-6-17)13-25-21-4-2-3-19(12-21)23(26)31-15-32-33(27,28)29/h2-12,25H,13-15H2,1H3,(H2,27,28,29)/p-1. The number of ether oxygens (including phenoxy) is 2. The van der Waals surface area contributed by atoms with Gasteiger partial charge in [-0.1, -0.05) is 30.3 Å². The maximum atomic E-state index is 13.0. The van der Waals surface area contributed by atoms with Crippen molar-refractivity contribution in [1.29, 1.82) is 0 Å². The molecule has 0 bridgehead atoms. The quantitative estimate of drug-likeness (QED) is 0.258. The van der Waals surface area contributed by atoms with Crippen LogP contribution in [0.2, 0.25) is 0 Å². The van der Waals surface area contributed by atoms with Crippen molar-refractivity contribution in [2.45, 2.75) is 20.1 Å². The molecular weight excluding hydrogens is 452 g/mol. The van der Waals surface area contributed by atoms with Crippen LogP contribution >= 0.6 is 7.82 Å². The molecule has 3 aromatic carbocycles. The van der Waals surface area contributed by atoms with Gasteiger partial charge >= 0.3 is 5.97 Å². The molecular formula is C23H22FNO7P-. The van der Waals surface area contributed by atoms with E-state index >= 15 is 0 Å². The van der Waals surface area contributed by atoms with Crippen LogP contribution < -0.4 is 14.9 Å². The summed E-state index contributed by atoms with van der Waals surface area (Å²) < 4.78 is 38.0. The van der Waals surface area contributed by atoms with Gasteiger partial charge in [0.15, 0.2) is 6.79 Å². The summed E-state index contributed by atoms with van der Waals surface area (Å²) in [5.74, 6) is -0.369. The summed E-state index contributed by atoms with van der Waals surface area (Å²) >= 11 is 0. The van der Waals surface area contributed by atoms with Crippen LogP contribution in [0.4, 0.5) is 10.1 Å². The molecule has 3 rings (SSSR count). The molecule has 3 aromatic rings. The third-order valence-corrected chi connectivity index (χ3v) is 4.98. The van der Waals surface area contributed by atoms with E-state index in [-0.39, 0.29) is 11.4 Å². The number of benzene rings is 3. The summed E-state index contributed by atoms with van der Waals surface area (Å²) in [6.45, 7) is 1.82. The number of nitrogens with one attached hydrogen (secondary N) is 1. The molecule has 10 heteroatoms. The van der Waals surface area contributed by atoms with Crippen LogP contribution in [0.5, 0.6) is 5.75 Å². The van der Waals surface area contributed by atoms with E-state index in [9.17, 15) is 18.6 Å². The molecule has 0 aromatic heterocycles. The van der Waals surface area contributed by atoms with Gasteiger partial charge in [0.05, 0.1) is 5.56 Å². The van der Waals surface area contributed by atoms with Gasteiger partial charge in [-0.3, -0.25) is 9.09 Å². The number of carbonyl (C=O) groups is 1. The van der Waals surface area contributed by atoms with Crippen LogP contribution in [0.15, 0.2) is 66.7 Å². The zero-order chi connectivity index (χ0) is 23.8. The molecule has 1 unspecified atom stereocenters. The van der Waals surface area contributed by atoms with E-state index in [0.717, 1.165) is 22.4 Å². The number of halogens is 1. The number of phosphoric ester groups is 1. The molecule has 0 radical (unpaired) electrons. The van der Waals surface area contributed by atoms with Crippen molar-refractivity contribution in [3.63, 3.8) is 0 Å². The maximum Gasteiger partial charge on any atom is 0.340 e.